The number of fused-ring (bicyclic) bond motifs is 1. The molecule has 5 rings (SSSR count). The number of β-lactam (4-membered cyclic amide) rings is 1. The van der Waals surface area contributed by atoms with Crippen LogP contribution >= 0.6 is 39.2 Å². The number of aliphatic hydroxyl groups excluding tert-OH is 1. The van der Waals surface area contributed by atoms with Gasteiger partial charge in [0.2, 0.25) is 5.70 Å². The van der Waals surface area contributed by atoms with Gasteiger partial charge in [0.15, 0.2) is 6.10 Å². The first-order valence-electron chi connectivity index (χ1n) is 12.5. The van der Waals surface area contributed by atoms with E-state index in [1.807, 2.05) is 60.7 Å². The number of hydrogen-bond donors (Lipinski definition) is 2. The number of thioether (sulfide) groups is 1. The van der Waals surface area contributed by atoms with E-state index in [1.165, 1.54) is 28.2 Å². The number of aromatic nitrogens is 2. The number of amides is 2. The van der Waals surface area contributed by atoms with Crippen LogP contribution in [0.3, 0.4) is 0 Å². The number of aliphatic hydroxyl groups is 1. The predicted molar refractivity (Wildman–Crippen MR) is 161 cm³/mol. The molecular weight excluding hydrogens is 646 g/mol. The average Bonchev–Trinajstić information content (AvgIpc) is 3.55. The van der Waals surface area contributed by atoms with Crippen LogP contribution in [0.5, 0.6) is 0 Å². The third kappa shape index (κ3) is 6.05. The van der Waals surface area contributed by atoms with Gasteiger partial charge in [-0.05, 0) is 39.5 Å². The number of halogens is 1. The van der Waals surface area contributed by atoms with E-state index in [-0.39, 0.29) is 11.0 Å². The molecule has 0 radical (unpaired) electrons. The summed E-state index contributed by atoms with van der Waals surface area (Å²) in [6, 6.07) is 17.5. The van der Waals surface area contributed by atoms with Crippen LogP contribution in [-0.2, 0) is 19.1 Å². The molecule has 1 saturated heterocycles. The topological polar surface area (TPSA) is 151 Å². The summed E-state index contributed by atoms with van der Waals surface area (Å²) in [7, 11) is 0. The van der Waals surface area contributed by atoms with Gasteiger partial charge in [-0.25, -0.2) is 4.79 Å². The average molecular weight is 669 g/mol. The van der Waals surface area contributed by atoms with Crippen LogP contribution in [0.4, 0.5) is 0 Å². The molecule has 2 amide bonds. The fourth-order valence-electron chi connectivity index (χ4n) is 4.44. The summed E-state index contributed by atoms with van der Waals surface area (Å²) in [6.45, 7) is 0. The number of nitroso groups, excluding NO2 is 1. The number of ether oxygens (including phenoxy) is 1. The monoisotopic (exact) mass is 667 g/mol. The molecular formula is C28H22BrN5O6S2. The highest BCUT2D eigenvalue weighted by atomic mass is 79.9. The van der Waals surface area contributed by atoms with Gasteiger partial charge in [0.1, 0.15) is 22.9 Å². The first kappa shape index (κ1) is 29.4. The number of rotatable bonds is 10. The summed E-state index contributed by atoms with van der Waals surface area (Å²) >= 11 is 5.46. The van der Waals surface area contributed by atoms with Crippen molar-refractivity contribution in [1.29, 1.82) is 0 Å². The smallest absolute Gasteiger partial charge is 0.356 e. The molecule has 2 N–H and O–H groups in total. The summed E-state index contributed by atoms with van der Waals surface area (Å²) in [4.78, 5) is 52.4. The number of nitrogens with zero attached hydrogens (tertiary/aromatic N) is 4. The van der Waals surface area contributed by atoms with Crippen molar-refractivity contribution in [2.75, 3.05) is 11.1 Å². The quantitative estimate of drug-likeness (QED) is 0.0797. The molecule has 3 heterocycles. The van der Waals surface area contributed by atoms with E-state index in [4.69, 9.17) is 4.74 Å². The lowest BCUT2D eigenvalue weighted by atomic mass is 10.0. The van der Waals surface area contributed by atoms with Crippen LogP contribution in [-0.4, -0.2) is 59.9 Å². The number of nitrogens with one attached hydrogen (secondary N) is 1. The summed E-state index contributed by atoms with van der Waals surface area (Å²) in [5, 5.41) is 19.8. The second-order valence-corrected chi connectivity index (χ2v) is 11.3. The van der Waals surface area contributed by atoms with Gasteiger partial charge in [0.05, 0.1) is 11.0 Å². The van der Waals surface area contributed by atoms with Gasteiger partial charge in [-0.3, -0.25) is 14.5 Å². The van der Waals surface area contributed by atoms with Crippen molar-refractivity contribution in [2.45, 2.75) is 17.5 Å². The third-order valence-corrected chi connectivity index (χ3v) is 8.80. The summed E-state index contributed by atoms with van der Waals surface area (Å²) in [6.07, 6.45) is 2.64. The molecule has 0 saturated carbocycles. The lowest BCUT2D eigenvalue weighted by Crippen LogP contribution is -2.70. The molecule has 0 spiro atoms. The van der Waals surface area contributed by atoms with Gasteiger partial charge in [-0.15, -0.1) is 21.8 Å². The summed E-state index contributed by atoms with van der Waals surface area (Å²) in [5.41, 5.74) is 1.92. The van der Waals surface area contributed by atoms with Crippen molar-refractivity contribution in [1.82, 2.24) is 19.8 Å². The molecule has 2 aromatic carbocycles. The van der Waals surface area contributed by atoms with Gasteiger partial charge >= 0.3 is 5.97 Å². The molecule has 0 bridgehead atoms. The van der Waals surface area contributed by atoms with Crippen LogP contribution in [0.25, 0.3) is 6.08 Å². The Morgan fingerprint density at radius 2 is 1.81 bits per heavy atom. The van der Waals surface area contributed by atoms with Crippen molar-refractivity contribution in [3.05, 3.63) is 117 Å². The fraction of sp³-hybridized carbons (Fsp3) is 0.179. The van der Waals surface area contributed by atoms with Crippen LogP contribution in [0.2, 0.25) is 0 Å². The minimum absolute atomic E-state index is 0.0399. The molecule has 1 fully saturated rings. The maximum Gasteiger partial charge on any atom is 0.356 e. The van der Waals surface area contributed by atoms with Gasteiger partial charge in [-0.1, -0.05) is 87.2 Å². The zero-order valence-electron chi connectivity index (χ0n) is 21.6. The third-order valence-electron chi connectivity index (χ3n) is 6.45. The minimum atomic E-state index is -1.06. The van der Waals surface area contributed by atoms with E-state index >= 15 is 0 Å². The molecule has 14 heteroatoms. The van der Waals surface area contributed by atoms with Crippen molar-refractivity contribution in [3.63, 3.8) is 0 Å². The number of benzene rings is 2. The Morgan fingerprint density at radius 1 is 1.14 bits per heavy atom. The van der Waals surface area contributed by atoms with Gasteiger partial charge in [0.25, 0.3) is 11.8 Å². The highest BCUT2D eigenvalue weighted by Gasteiger charge is 2.54. The molecule has 1 unspecified atom stereocenters. The number of allylic oxidation sites excluding steroid dienone is 2. The SMILES string of the molecule is O=NC(C(=O)NC1C(=O)N2C(C(=O)OC(c3ccccc3)c3ccccc3)=C(/C=C\c3csnn3)CS[C@H]12)=C(O)CBr. The minimum Gasteiger partial charge on any atom is -0.509 e. The molecule has 1 aromatic heterocycles. The molecule has 2 atom stereocenters. The van der Waals surface area contributed by atoms with E-state index in [9.17, 15) is 24.4 Å². The Kier molecular flexibility index (Phi) is 9.25. The Hall–Kier alpha value is -4.14. The number of carbonyl (C=O) groups is 3. The Morgan fingerprint density at radius 3 is 2.38 bits per heavy atom. The summed E-state index contributed by atoms with van der Waals surface area (Å²) < 4.78 is 9.94. The first-order valence-corrected chi connectivity index (χ1v) is 15.5. The zero-order chi connectivity index (χ0) is 29.6. The lowest BCUT2D eigenvalue weighted by molar-refractivity contribution is -0.154. The Labute approximate surface area is 256 Å². The van der Waals surface area contributed by atoms with Crippen LogP contribution in [0, 0.1) is 4.91 Å². The zero-order valence-corrected chi connectivity index (χ0v) is 24.8. The Balaban J connectivity index is 1.47. The van der Waals surface area contributed by atoms with Crippen molar-refractivity contribution < 1.29 is 24.2 Å². The highest BCUT2D eigenvalue weighted by molar-refractivity contribution is 9.09. The van der Waals surface area contributed by atoms with E-state index in [2.05, 4.69) is 36.0 Å². The lowest BCUT2D eigenvalue weighted by Gasteiger charge is -2.49. The predicted octanol–water partition coefficient (Wildman–Crippen LogP) is 4.47. The first-order chi connectivity index (χ1) is 20.4. The fourth-order valence-corrected chi connectivity index (χ4v) is 6.44. The molecule has 2 aliphatic rings. The van der Waals surface area contributed by atoms with Crippen LogP contribution in [0.1, 0.15) is 22.9 Å². The normalized spacial score (nSPS) is 18.8. The van der Waals surface area contributed by atoms with E-state index < -0.39 is 46.8 Å². The largest absolute Gasteiger partial charge is 0.509 e. The van der Waals surface area contributed by atoms with E-state index in [0.717, 1.165) is 11.1 Å². The highest BCUT2D eigenvalue weighted by Crippen LogP contribution is 2.42. The summed E-state index contributed by atoms with van der Waals surface area (Å²) in [5.74, 6) is -2.55. The number of esters is 1. The van der Waals surface area contributed by atoms with Gasteiger partial charge < -0.3 is 15.2 Å². The molecule has 214 valence electrons. The number of hydrogen-bond acceptors (Lipinski definition) is 11. The van der Waals surface area contributed by atoms with E-state index in [1.54, 1.807) is 17.5 Å². The second-order valence-electron chi connectivity index (χ2n) is 9.02. The molecule has 2 aliphatic heterocycles. The molecule has 0 aliphatic carbocycles. The Bertz CT molecular complexity index is 1540. The molecule has 3 aromatic rings. The van der Waals surface area contributed by atoms with Crippen molar-refractivity contribution in [2.24, 2.45) is 5.18 Å². The molecule has 11 nitrogen and oxygen atoms in total. The maximum absolute atomic E-state index is 13.9. The number of alkyl halides is 1. The van der Waals surface area contributed by atoms with Crippen molar-refractivity contribution in [3.8, 4) is 0 Å². The second kappa shape index (κ2) is 13.2. The molecule has 42 heavy (non-hydrogen) atoms. The van der Waals surface area contributed by atoms with E-state index in [0.29, 0.717) is 17.0 Å². The van der Waals surface area contributed by atoms with Gasteiger partial charge in [-0.2, -0.15) is 0 Å². The van der Waals surface area contributed by atoms with Crippen LogP contribution in [0.15, 0.2) is 100 Å². The van der Waals surface area contributed by atoms with Crippen molar-refractivity contribution >= 4 is 63.1 Å². The number of carbonyl (C=O) groups excluding carboxylic acids is 3. The standard InChI is InChI=1S/C28H22BrN5O6S2/c29-13-20(35)21(32-39)25(36)30-22-26(37)34-23(18(14-41-27(22)34)11-12-19-15-42-33-31-19)28(38)40-24(16-7-3-1-4-8-16)17-9-5-2-6-10-17/h1-12,15,22,24,27,35H,13-14H2,(H,30,36)/b12-11-,21-20?/t22?,27-/m1/s1. The maximum atomic E-state index is 13.9. The van der Waals surface area contributed by atoms with Gasteiger partial charge in [0, 0.05) is 11.1 Å². The van der Waals surface area contributed by atoms with Crippen LogP contribution < -0.4 is 5.32 Å².